The van der Waals surface area contributed by atoms with Gasteiger partial charge in [0.2, 0.25) is 5.91 Å². The summed E-state index contributed by atoms with van der Waals surface area (Å²) in [5.74, 6) is 1.76. The molecule has 9 nitrogen and oxygen atoms in total. The molecule has 2 N–H and O–H groups in total. The number of nitrogens with one attached hydrogen (secondary N) is 2. The van der Waals surface area contributed by atoms with Crippen molar-refractivity contribution in [2.24, 2.45) is 0 Å². The zero-order valence-electron chi connectivity index (χ0n) is 22.5. The number of nitrogens with zero attached hydrogens (tertiary/aromatic N) is 3. The van der Waals surface area contributed by atoms with Gasteiger partial charge in [-0.15, -0.1) is 0 Å². The van der Waals surface area contributed by atoms with Crippen LogP contribution in [0.1, 0.15) is 63.7 Å². The number of benzene rings is 1. The lowest BCUT2D eigenvalue weighted by atomic mass is 10.0. The molecular weight excluding hydrogens is 482 g/mol. The number of ether oxygens (including phenoxy) is 2. The number of unbranched alkanes of at least 4 members (excludes halogenated alkanes) is 2. The van der Waals surface area contributed by atoms with Crippen molar-refractivity contribution in [1.29, 1.82) is 0 Å². The largest absolute Gasteiger partial charge is 0.496 e. The van der Waals surface area contributed by atoms with Gasteiger partial charge in [-0.25, -0.2) is 9.97 Å². The zero-order valence-corrected chi connectivity index (χ0v) is 22.5. The first-order valence-electron chi connectivity index (χ1n) is 13.7. The Hall–Kier alpha value is -3.30. The van der Waals surface area contributed by atoms with Gasteiger partial charge in [-0.1, -0.05) is 31.9 Å². The van der Waals surface area contributed by atoms with Crippen LogP contribution in [-0.2, 0) is 14.3 Å². The zero-order chi connectivity index (χ0) is 26.7. The van der Waals surface area contributed by atoms with Gasteiger partial charge in [0.15, 0.2) is 0 Å². The molecule has 1 aromatic carbocycles. The topological polar surface area (TPSA) is 109 Å². The number of fused-ring (bicyclic) bond motifs is 1. The molecule has 1 aliphatic rings. The summed E-state index contributed by atoms with van der Waals surface area (Å²) >= 11 is 0. The van der Waals surface area contributed by atoms with Crippen LogP contribution in [0.15, 0.2) is 36.5 Å². The van der Waals surface area contributed by atoms with E-state index < -0.39 is 0 Å². The van der Waals surface area contributed by atoms with E-state index in [0.717, 1.165) is 66.8 Å². The molecule has 1 fully saturated rings. The lowest BCUT2D eigenvalue weighted by Gasteiger charge is -2.26. The maximum absolute atomic E-state index is 12.9. The fourth-order valence-corrected chi connectivity index (χ4v) is 4.75. The van der Waals surface area contributed by atoms with E-state index in [1.165, 1.54) is 0 Å². The number of hydrogen-bond acceptors (Lipinski definition) is 7. The predicted molar refractivity (Wildman–Crippen MR) is 147 cm³/mol. The first kappa shape index (κ1) is 27.7. The fourth-order valence-electron chi connectivity index (χ4n) is 4.75. The van der Waals surface area contributed by atoms with Crippen LogP contribution in [0.4, 0.5) is 0 Å². The molecule has 204 valence electrons. The van der Waals surface area contributed by atoms with Crippen LogP contribution in [0, 0.1) is 0 Å². The predicted octanol–water partition coefficient (Wildman–Crippen LogP) is 4.44. The number of imidazole rings is 1. The third-order valence-electron chi connectivity index (χ3n) is 7.04. The number of para-hydroxylation sites is 1. The van der Waals surface area contributed by atoms with Crippen LogP contribution in [-0.4, -0.2) is 71.5 Å². The molecule has 1 atom stereocenters. The molecule has 1 saturated heterocycles. The van der Waals surface area contributed by atoms with Crippen molar-refractivity contribution < 1.29 is 19.1 Å². The number of aromatic amines is 1. The van der Waals surface area contributed by atoms with Crippen molar-refractivity contribution in [2.45, 2.75) is 57.9 Å². The molecule has 0 unspecified atom stereocenters. The van der Waals surface area contributed by atoms with E-state index in [9.17, 15) is 9.59 Å². The van der Waals surface area contributed by atoms with E-state index in [0.29, 0.717) is 50.6 Å². The van der Waals surface area contributed by atoms with E-state index in [-0.39, 0.29) is 11.9 Å². The molecule has 0 bridgehead atoms. The van der Waals surface area contributed by atoms with E-state index in [1.54, 1.807) is 13.3 Å². The Morgan fingerprint density at radius 2 is 1.97 bits per heavy atom. The average molecular weight is 522 g/mol. The molecule has 0 saturated carbocycles. The highest BCUT2D eigenvalue weighted by molar-refractivity contribution is 5.87. The van der Waals surface area contributed by atoms with E-state index in [4.69, 9.17) is 14.5 Å². The standard InChI is InChI=1S/C29H39N5O4/c1-3-21(35)9-5-4-6-12-24(32-28(36)13-14-34-15-17-38-18-16-34)29-30-20-26(33-29)25-19-27(37-2)22-10-7-8-11-23(22)31-25/h7-8,10-11,19-20,24H,3-6,9,12-18H2,1-2H3,(H,30,33)(H,32,36)/t24-/m0/s1. The number of carbonyl (C=O) groups is 2. The Labute approximate surface area is 224 Å². The molecule has 2 aromatic heterocycles. The molecule has 1 amide bonds. The van der Waals surface area contributed by atoms with Crippen LogP contribution in [0.3, 0.4) is 0 Å². The number of amides is 1. The SMILES string of the molecule is CCC(=O)CCCCC[C@H](NC(=O)CCN1CCOCC1)c1ncc(-c2cc(OC)c3ccccc3n2)[nH]1. The van der Waals surface area contributed by atoms with Crippen LogP contribution in [0.5, 0.6) is 5.75 Å². The first-order valence-corrected chi connectivity index (χ1v) is 13.7. The van der Waals surface area contributed by atoms with Gasteiger partial charge in [-0.05, 0) is 25.0 Å². The van der Waals surface area contributed by atoms with Gasteiger partial charge in [0.25, 0.3) is 0 Å². The minimum absolute atomic E-state index is 0.00565. The maximum Gasteiger partial charge on any atom is 0.221 e. The second-order valence-electron chi connectivity index (χ2n) is 9.72. The van der Waals surface area contributed by atoms with Gasteiger partial charge in [-0.2, -0.15) is 0 Å². The molecule has 9 heteroatoms. The number of hydrogen-bond donors (Lipinski definition) is 2. The third kappa shape index (κ3) is 7.61. The number of carbonyl (C=O) groups excluding carboxylic acids is 2. The molecule has 0 aliphatic carbocycles. The van der Waals surface area contributed by atoms with Crippen molar-refractivity contribution in [3.63, 3.8) is 0 Å². The van der Waals surface area contributed by atoms with Crippen molar-refractivity contribution in [1.82, 2.24) is 25.2 Å². The molecule has 0 spiro atoms. The van der Waals surface area contributed by atoms with Gasteiger partial charge < -0.3 is 19.8 Å². The van der Waals surface area contributed by atoms with Crippen molar-refractivity contribution >= 4 is 22.6 Å². The van der Waals surface area contributed by atoms with Crippen LogP contribution >= 0.6 is 0 Å². The number of methoxy groups -OCH3 is 1. The first-order chi connectivity index (χ1) is 18.6. The summed E-state index contributed by atoms with van der Waals surface area (Å²) in [5.41, 5.74) is 2.34. The molecule has 3 heterocycles. The Balaban J connectivity index is 1.45. The fraction of sp³-hybridized carbons (Fsp3) is 0.517. The number of ketones is 1. The number of pyridine rings is 1. The van der Waals surface area contributed by atoms with Gasteiger partial charge >= 0.3 is 0 Å². The second-order valence-corrected chi connectivity index (χ2v) is 9.72. The maximum atomic E-state index is 12.9. The summed E-state index contributed by atoms with van der Waals surface area (Å²) in [6.45, 7) is 5.76. The second kappa shape index (κ2) is 14.0. The molecule has 0 radical (unpaired) electrons. The summed E-state index contributed by atoms with van der Waals surface area (Å²) in [6.07, 6.45) is 6.83. The lowest BCUT2D eigenvalue weighted by Crippen LogP contribution is -2.39. The van der Waals surface area contributed by atoms with Gasteiger partial charge in [0, 0.05) is 50.3 Å². The number of aromatic nitrogens is 3. The summed E-state index contributed by atoms with van der Waals surface area (Å²) in [5, 5.41) is 4.15. The Morgan fingerprint density at radius 3 is 2.76 bits per heavy atom. The highest BCUT2D eigenvalue weighted by Gasteiger charge is 2.20. The van der Waals surface area contributed by atoms with Crippen LogP contribution in [0.25, 0.3) is 22.3 Å². The van der Waals surface area contributed by atoms with Crippen LogP contribution < -0.4 is 10.1 Å². The van der Waals surface area contributed by atoms with Gasteiger partial charge in [0.1, 0.15) is 17.4 Å². The van der Waals surface area contributed by atoms with E-state index in [1.807, 2.05) is 37.3 Å². The van der Waals surface area contributed by atoms with E-state index >= 15 is 0 Å². The van der Waals surface area contributed by atoms with Crippen molar-refractivity contribution in [2.75, 3.05) is 40.0 Å². The third-order valence-corrected chi connectivity index (χ3v) is 7.04. The highest BCUT2D eigenvalue weighted by Crippen LogP contribution is 2.30. The Bertz CT molecular complexity index is 1200. The minimum atomic E-state index is -0.245. The number of Topliss-reactive ketones (excluding diaryl/α,β-unsaturated/α-hetero) is 1. The Morgan fingerprint density at radius 1 is 1.16 bits per heavy atom. The molecule has 4 rings (SSSR count). The average Bonchev–Trinajstić information content (AvgIpc) is 3.45. The minimum Gasteiger partial charge on any atom is -0.496 e. The van der Waals surface area contributed by atoms with Gasteiger partial charge in [-0.3, -0.25) is 14.5 Å². The lowest BCUT2D eigenvalue weighted by molar-refractivity contribution is -0.122. The number of rotatable bonds is 14. The van der Waals surface area contributed by atoms with E-state index in [2.05, 4.69) is 20.2 Å². The summed E-state index contributed by atoms with van der Waals surface area (Å²) in [7, 11) is 1.65. The van der Waals surface area contributed by atoms with Crippen LogP contribution in [0.2, 0.25) is 0 Å². The molecule has 3 aromatic rings. The smallest absolute Gasteiger partial charge is 0.221 e. The summed E-state index contributed by atoms with van der Waals surface area (Å²) in [6, 6.07) is 9.52. The number of H-pyrrole nitrogens is 1. The van der Waals surface area contributed by atoms with Crippen molar-refractivity contribution in [3.8, 4) is 17.1 Å². The van der Waals surface area contributed by atoms with Gasteiger partial charge in [0.05, 0.1) is 49.5 Å². The molecule has 38 heavy (non-hydrogen) atoms. The monoisotopic (exact) mass is 521 g/mol. The quantitative estimate of drug-likeness (QED) is 0.302. The molecular formula is C29H39N5O4. The number of morpholine rings is 1. The molecule has 1 aliphatic heterocycles. The Kier molecular flexibility index (Phi) is 10.2. The summed E-state index contributed by atoms with van der Waals surface area (Å²) in [4.78, 5) is 39.6. The normalized spacial score (nSPS) is 14.9. The summed E-state index contributed by atoms with van der Waals surface area (Å²) < 4.78 is 11.0. The highest BCUT2D eigenvalue weighted by atomic mass is 16.5. The van der Waals surface area contributed by atoms with Crippen molar-refractivity contribution in [3.05, 3.63) is 42.4 Å².